The summed E-state index contributed by atoms with van der Waals surface area (Å²) in [6.07, 6.45) is 1.13. The molecule has 1 fully saturated rings. The third kappa shape index (κ3) is 0.858. The molecule has 0 heterocycles. The first kappa shape index (κ1) is 6.05. The second kappa shape index (κ2) is 1.71. The largest absolute Gasteiger partial charge is 0.384 e. The van der Waals surface area contributed by atoms with E-state index in [0.717, 1.165) is 13.0 Å². The molecule has 0 radical (unpaired) electrons. The van der Waals surface area contributed by atoms with Gasteiger partial charge in [0.15, 0.2) is 0 Å². The summed E-state index contributed by atoms with van der Waals surface area (Å²) in [4.78, 5) is 0. The van der Waals surface area contributed by atoms with Crippen LogP contribution in [-0.2, 0) is 4.74 Å². The van der Waals surface area contributed by atoms with E-state index in [9.17, 15) is 0 Å². The SMILES string of the molecule is COCC1(C)CC1N. The summed E-state index contributed by atoms with van der Waals surface area (Å²) in [5.74, 6) is 0. The minimum absolute atomic E-state index is 0.314. The van der Waals surface area contributed by atoms with Crippen LogP contribution in [0.5, 0.6) is 0 Å². The van der Waals surface area contributed by atoms with Crippen molar-refractivity contribution in [1.29, 1.82) is 0 Å². The normalized spacial score (nSPS) is 44.6. The van der Waals surface area contributed by atoms with Crippen LogP contribution in [0.4, 0.5) is 0 Å². The second-order valence-electron chi connectivity index (χ2n) is 2.90. The van der Waals surface area contributed by atoms with Gasteiger partial charge in [0.1, 0.15) is 0 Å². The Labute approximate surface area is 50.0 Å². The summed E-state index contributed by atoms with van der Waals surface area (Å²) < 4.78 is 4.96. The van der Waals surface area contributed by atoms with Crippen molar-refractivity contribution < 1.29 is 4.74 Å². The number of rotatable bonds is 2. The minimum atomic E-state index is 0.314. The molecule has 0 spiro atoms. The van der Waals surface area contributed by atoms with E-state index in [0.29, 0.717) is 11.5 Å². The van der Waals surface area contributed by atoms with Gasteiger partial charge in [-0.1, -0.05) is 6.92 Å². The first-order valence-corrected chi connectivity index (χ1v) is 2.93. The average molecular weight is 115 g/mol. The van der Waals surface area contributed by atoms with Crippen LogP contribution < -0.4 is 5.73 Å². The van der Waals surface area contributed by atoms with E-state index in [1.807, 2.05) is 0 Å². The van der Waals surface area contributed by atoms with Crippen LogP contribution in [0.2, 0.25) is 0 Å². The molecule has 2 heteroatoms. The zero-order chi connectivity index (χ0) is 6.20. The molecule has 0 aromatic heterocycles. The molecule has 1 saturated carbocycles. The molecule has 2 N–H and O–H groups in total. The van der Waals surface area contributed by atoms with Crippen molar-refractivity contribution >= 4 is 0 Å². The first-order chi connectivity index (χ1) is 3.69. The van der Waals surface area contributed by atoms with Crippen molar-refractivity contribution in [3.8, 4) is 0 Å². The highest BCUT2D eigenvalue weighted by Crippen LogP contribution is 2.43. The maximum Gasteiger partial charge on any atom is 0.0531 e. The molecule has 1 aliphatic rings. The average Bonchev–Trinajstić information content (AvgIpc) is 2.16. The van der Waals surface area contributed by atoms with Crippen molar-refractivity contribution in [3.63, 3.8) is 0 Å². The predicted molar refractivity (Wildman–Crippen MR) is 32.6 cm³/mol. The third-order valence-electron chi connectivity index (χ3n) is 1.90. The Morgan fingerprint density at radius 3 is 2.50 bits per heavy atom. The summed E-state index contributed by atoms with van der Waals surface area (Å²) in [6.45, 7) is 2.97. The Kier molecular flexibility index (Phi) is 1.29. The van der Waals surface area contributed by atoms with Gasteiger partial charge in [0.2, 0.25) is 0 Å². The molecule has 0 aromatic carbocycles. The van der Waals surface area contributed by atoms with Gasteiger partial charge >= 0.3 is 0 Å². The highest BCUT2D eigenvalue weighted by Gasteiger charge is 2.47. The molecule has 1 rings (SSSR count). The highest BCUT2D eigenvalue weighted by molar-refractivity contribution is 5.02. The monoisotopic (exact) mass is 115 g/mol. The fourth-order valence-corrected chi connectivity index (χ4v) is 0.939. The standard InChI is InChI=1S/C6H13NO/c1-6(4-8-2)3-5(6)7/h5H,3-4,7H2,1-2H3. The zero-order valence-corrected chi connectivity index (χ0v) is 5.48. The molecule has 2 atom stereocenters. The van der Waals surface area contributed by atoms with E-state index in [-0.39, 0.29) is 0 Å². The molecular formula is C6H13NO. The molecule has 0 aliphatic heterocycles. The number of hydrogen-bond donors (Lipinski definition) is 1. The van der Waals surface area contributed by atoms with Gasteiger partial charge in [0.25, 0.3) is 0 Å². The van der Waals surface area contributed by atoms with E-state index in [2.05, 4.69) is 6.92 Å². The lowest BCUT2D eigenvalue weighted by atomic mass is 10.1. The lowest BCUT2D eigenvalue weighted by Crippen LogP contribution is -2.15. The fourth-order valence-electron chi connectivity index (χ4n) is 0.939. The molecular weight excluding hydrogens is 102 g/mol. The third-order valence-corrected chi connectivity index (χ3v) is 1.90. The molecule has 8 heavy (non-hydrogen) atoms. The van der Waals surface area contributed by atoms with E-state index in [1.54, 1.807) is 7.11 Å². The molecule has 0 aromatic rings. The Morgan fingerprint density at radius 1 is 1.88 bits per heavy atom. The topological polar surface area (TPSA) is 35.2 Å². The van der Waals surface area contributed by atoms with Crippen LogP contribution in [0.15, 0.2) is 0 Å². The molecule has 2 unspecified atom stereocenters. The summed E-state index contributed by atoms with van der Waals surface area (Å²) in [7, 11) is 1.72. The van der Waals surface area contributed by atoms with Gasteiger partial charge in [0.05, 0.1) is 6.61 Å². The smallest absolute Gasteiger partial charge is 0.0531 e. The molecule has 48 valence electrons. The van der Waals surface area contributed by atoms with Gasteiger partial charge in [-0.15, -0.1) is 0 Å². The molecule has 0 amide bonds. The highest BCUT2D eigenvalue weighted by atomic mass is 16.5. The minimum Gasteiger partial charge on any atom is -0.384 e. The van der Waals surface area contributed by atoms with Crippen molar-refractivity contribution in [2.24, 2.45) is 11.1 Å². The van der Waals surface area contributed by atoms with Gasteiger partial charge < -0.3 is 10.5 Å². The fraction of sp³-hybridized carbons (Fsp3) is 1.00. The first-order valence-electron chi connectivity index (χ1n) is 2.93. The molecule has 0 bridgehead atoms. The summed E-state index contributed by atoms with van der Waals surface area (Å²) in [5.41, 5.74) is 5.92. The Balaban J connectivity index is 2.25. The van der Waals surface area contributed by atoms with Gasteiger partial charge in [-0.3, -0.25) is 0 Å². The van der Waals surface area contributed by atoms with Gasteiger partial charge in [-0.25, -0.2) is 0 Å². The van der Waals surface area contributed by atoms with Crippen LogP contribution in [0, 0.1) is 5.41 Å². The van der Waals surface area contributed by atoms with Crippen LogP contribution in [0.25, 0.3) is 0 Å². The summed E-state index contributed by atoms with van der Waals surface area (Å²) in [5, 5.41) is 0. The summed E-state index contributed by atoms with van der Waals surface area (Å²) >= 11 is 0. The van der Waals surface area contributed by atoms with Crippen LogP contribution >= 0.6 is 0 Å². The van der Waals surface area contributed by atoms with E-state index in [4.69, 9.17) is 10.5 Å². The van der Waals surface area contributed by atoms with Gasteiger partial charge in [0, 0.05) is 18.6 Å². The molecule has 2 nitrogen and oxygen atoms in total. The van der Waals surface area contributed by atoms with Gasteiger partial charge in [-0.2, -0.15) is 0 Å². The lowest BCUT2D eigenvalue weighted by Gasteiger charge is -2.05. The molecule has 1 aliphatic carbocycles. The van der Waals surface area contributed by atoms with Crippen molar-refractivity contribution in [2.75, 3.05) is 13.7 Å². The van der Waals surface area contributed by atoms with Crippen molar-refractivity contribution in [2.45, 2.75) is 19.4 Å². The Bertz CT molecular complexity index is 94.5. The number of hydrogen-bond acceptors (Lipinski definition) is 2. The maximum absolute atomic E-state index is 5.61. The Hall–Kier alpha value is -0.0800. The maximum atomic E-state index is 5.61. The lowest BCUT2D eigenvalue weighted by molar-refractivity contribution is 0.147. The second-order valence-corrected chi connectivity index (χ2v) is 2.90. The van der Waals surface area contributed by atoms with E-state index in [1.165, 1.54) is 0 Å². The number of ether oxygens (including phenoxy) is 1. The summed E-state index contributed by atoms with van der Waals surface area (Å²) in [6, 6.07) is 0.391. The number of methoxy groups -OCH3 is 1. The van der Waals surface area contributed by atoms with E-state index >= 15 is 0 Å². The molecule has 0 saturated heterocycles. The van der Waals surface area contributed by atoms with Crippen LogP contribution in [-0.4, -0.2) is 19.8 Å². The quantitative estimate of drug-likeness (QED) is 0.564. The Morgan fingerprint density at radius 2 is 2.38 bits per heavy atom. The number of nitrogens with two attached hydrogens (primary N) is 1. The zero-order valence-electron chi connectivity index (χ0n) is 5.48. The van der Waals surface area contributed by atoms with Crippen LogP contribution in [0.3, 0.4) is 0 Å². The van der Waals surface area contributed by atoms with Crippen LogP contribution in [0.1, 0.15) is 13.3 Å². The predicted octanol–water partition coefficient (Wildman–Crippen LogP) is 0.370. The van der Waals surface area contributed by atoms with Crippen molar-refractivity contribution in [1.82, 2.24) is 0 Å². The van der Waals surface area contributed by atoms with Gasteiger partial charge in [-0.05, 0) is 6.42 Å². The van der Waals surface area contributed by atoms with E-state index < -0.39 is 0 Å². The van der Waals surface area contributed by atoms with Crippen molar-refractivity contribution in [3.05, 3.63) is 0 Å².